The highest BCUT2D eigenvalue weighted by molar-refractivity contribution is 5.71. The van der Waals surface area contributed by atoms with Gasteiger partial charge in [-0.05, 0) is 25.7 Å². The number of ether oxygens (including phenoxy) is 5. The topological polar surface area (TPSA) is 114 Å². The Kier molecular flexibility index (Phi) is 82.9. The Morgan fingerprint density at radius 3 is 0.455 bits per heavy atom. The summed E-state index contributed by atoms with van der Waals surface area (Å²) in [6.07, 6.45) is 92.5. The van der Waals surface area contributed by atoms with Crippen LogP contribution in [0.3, 0.4) is 0 Å². The van der Waals surface area contributed by atoms with E-state index in [-0.39, 0.29) is 50.3 Å². The number of unbranched alkanes of at least 4 members (excludes halogenated alkanes) is 68. The molecule has 0 saturated heterocycles. The van der Waals surface area contributed by atoms with Gasteiger partial charge in [-0.25, -0.2) is 0 Å². The molecule has 0 radical (unpaired) electrons. The number of carbonyl (C=O) groups is 4. The molecule has 9 nitrogen and oxygen atoms in total. The molecular weight excluding hydrogens is 1220 g/mol. The summed E-state index contributed by atoms with van der Waals surface area (Å²) in [5.41, 5.74) is 0. The van der Waals surface area contributed by atoms with Gasteiger partial charge in [0.15, 0.2) is 12.2 Å². The molecule has 9 heteroatoms. The summed E-state index contributed by atoms with van der Waals surface area (Å²) in [6, 6.07) is 0. The standard InChI is InChI=1S/C90H174O9/c1-5-9-13-17-21-25-29-33-37-41-43-47-50-54-58-62-66-70-74-78-88(92)97-84-86(99-90(94)80-76-72-68-64-60-56-52-48-44-42-38-34-30-26-22-18-14-10-6-2)82-95-81-85(98-89(93)79-75-71-67-63-59-55-51-46-40-36-32-28-24-20-16-12-8-4)83-96-87(91)77-73-69-65-61-57-53-49-45-39-35-31-27-23-19-15-11-7-3/h85-86H,5-84H2,1-4H3. The van der Waals surface area contributed by atoms with Crippen molar-refractivity contribution in [1.82, 2.24) is 0 Å². The molecule has 0 aliphatic rings. The Morgan fingerprint density at radius 1 is 0.172 bits per heavy atom. The molecule has 0 aromatic heterocycles. The maximum absolute atomic E-state index is 13.4. The van der Waals surface area contributed by atoms with Crippen molar-refractivity contribution in [2.24, 2.45) is 0 Å². The predicted octanol–water partition coefficient (Wildman–Crippen LogP) is 29.6. The number of rotatable bonds is 86. The second-order valence-electron chi connectivity index (χ2n) is 31.2. The number of esters is 4. The van der Waals surface area contributed by atoms with E-state index in [2.05, 4.69) is 27.7 Å². The normalized spacial score (nSPS) is 12.2. The third-order valence-electron chi connectivity index (χ3n) is 21.0. The van der Waals surface area contributed by atoms with E-state index < -0.39 is 12.2 Å². The van der Waals surface area contributed by atoms with E-state index in [0.717, 1.165) is 77.0 Å². The summed E-state index contributed by atoms with van der Waals surface area (Å²) in [5, 5.41) is 0. The van der Waals surface area contributed by atoms with E-state index in [4.69, 9.17) is 23.7 Å². The molecule has 0 rings (SSSR count). The van der Waals surface area contributed by atoms with E-state index in [9.17, 15) is 19.2 Å². The van der Waals surface area contributed by atoms with Crippen LogP contribution in [-0.4, -0.2) is 62.5 Å². The molecule has 0 bridgehead atoms. The van der Waals surface area contributed by atoms with Gasteiger partial charge >= 0.3 is 23.9 Å². The smallest absolute Gasteiger partial charge is 0.306 e. The van der Waals surface area contributed by atoms with Gasteiger partial charge in [0.1, 0.15) is 13.2 Å². The van der Waals surface area contributed by atoms with Crippen molar-refractivity contribution in [2.45, 2.75) is 528 Å². The van der Waals surface area contributed by atoms with Crippen molar-refractivity contribution in [3.05, 3.63) is 0 Å². The van der Waals surface area contributed by atoms with Gasteiger partial charge in [-0.1, -0.05) is 464 Å². The average molecular weight is 1400 g/mol. The minimum absolute atomic E-state index is 0.0298. The number of hydrogen-bond donors (Lipinski definition) is 0. The molecule has 2 atom stereocenters. The van der Waals surface area contributed by atoms with Crippen LogP contribution in [0.2, 0.25) is 0 Å². The molecule has 99 heavy (non-hydrogen) atoms. The lowest BCUT2D eigenvalue weighted by Crippen LogP contribution is -2.34. The largest absolute Gasteiger partial charge is 0.462 e. The monoisotopic (exact) mass is 1400 g/mol. The summed E-state index contributed by atoms with van der Waals surface area (Å²) < 4.78 is 29.7. The third-order valence-corrected chi connectivity index (χ3v) is 21.0. The van der Waals surface area contributed by atoms with Crippen LogP contribution < -0.4 is 0 Å². The lowest BCUT2D eigenvalue weighted by molar-refractivity contribution is -0.169. The molecule has 0 heterocycles. The van der Waals surface area contributed by atoms with Crippen LogP contribution in [0.5, 0.6) is 0 Å². The molecule has 0 fully saturated rings. The third kappa shape index (κ3) is 81.4. The fourth-order valence-electron chi connectivity index (χ4n) is 14.3. The molecule has 0 aliphatic carbocycles. The van der Waals surface area contributed by atoms with Gasteiger partial charge in [0, 0.05) is 25.7 Å². The van der Waals surface area contributed by atoms with Crippen molar-refractivity contribution in [1.29, 1.82) is 0 Å². The van der Waals surface area contributed by atoms with Gasteiger partial charge < -0.3 is 23.7 Å². The summed E-state index contributed by atoms with van der Waals surface area (Å²) in [7, 11) is 0. The Bertz CT molecular complexity index is 1600. The predicted molar refractivity (Wildman–Crippen MR) is 426 cm³/mol. The molecule has 0 aromatic carbocycles. The van der Waals surface area contributed by atoms with Crippen LogP contribution >= 0.6 is 0 Å². The summed E-state index contributed by atoms with van der Waals surface area (Å²) in [4.78, 5) is 53.0. The van der Waals surface area contributed by atoms with E-state index in [1.54, 1.807) is 0 Å². The van der Waals surface area contributed by atoms with Crippen LogP contribution in [0.4, 0.5) is 0 Å². The van der Waals surface area contributed by atoms with Crippen LogP contribution in [0.1, 0.15) is 516 Å². The lowest BCUT2D eigenvalue weighted by Gasteiger charge is -2.21. The van der Waals surface area contributed by atoms with Crippen LogP contribution in [0, 0.1) is 0 Å². The van der Waals surface area contributed by atoms with Crippen LogP contribution in [0.15, 0.2) is 0 Å². The lowest BCUT2D eigenvalue weighted by atomic mass is 10.0. The first-order valence-electron chi connectivity index (χ1n) is 45.1. The van der Waals surface area contributed by atoms with Crippen molar-refractivity contribution < 1.29 is 42.9 Å². The van der Waals surface area contributed by atoms with Gasteiger partial charge in [0.2, 0.25) is 0 Å². The van der Waals surface area contributed by atoms with Crippen LogP contribution in [-0.2, 0) is 42.9 Å². The Labute approximate surface area is 617 Å². The highest BCUT2D eigenvalue weighted by Gasteiger charge is 2.22. The zero-order valence-corrected chi connectivity index (χ0v) is 67.4. The molecule has 0 N–H and O–H groups in total. The molecule has 0 spiro atoms. The maximum Gasteiger partial charge on any atom is 0.306 e. The highest BCUT2D eigenvalue weighted by Crippen LogP contribution is 2.21. The molecule has 0 amide bonds. The highest BCUT2D eigenvalue weighted by atomic mass is 16.6. The van der Waals surface area contributed by atoms with Crippen molar-refractivity contribution in [2.75, 3.05) is 26.4 Å². The first-order valence-corrected chi connectivity index (χ1v) is 45.1. The molecule has 0 aliphatic heterocycles. The zero-order valence-electron chi connectivity index (χ0n) is 67.4. The van der Waals surface area contributed by atoms with Crippen molar-refractivity contribution in [3.8, 4) is 0 Å². The Hall–Kier alpha value is -2.16. The Morgan fingerprint density at radius 2 is 0.303 bits per heavy atom. The summed E-state index contributed by atoms with van der Waals surface area (Å²) in [6.45, 7) is 8.89. The van der Waals surface area contributed by atoms with Crippen LogP contribution in [0.25, 0.3) is 0 Å². The number of hydrogen-bond acceptors (Lipinski definition) is 9. The SMILES string of the molecule is CCCCCCCCCCCCCCCCCCCCCC(=O)OCC(COCC(COC(=O)CCCCCCCCCCCCCCCCCCC)OC(=O)CCCCCCCCCCCCCCCCCCC)OC(=O)CCCCCCCCCCCCCCCCCCCCC. The van der Waals surface area contributed by atoms with E-state index >= 15 is 0 Å². The van der Waals surface area contributed by atoms with Gasteiger partial charge in [-0.3, -0.25) is 19.2 Å². The molecule has 0 saturated carbocycles. The number of carbonyl (C=O) groups excluding carboxylic acids is 4. The van der Waals surface area contributed by atoms with Gasteiger partial charge in [0.05, 0.1) is 13.2 Å². The maximum atomic E-state index is 13.4. The fourth-order valence-corrected chi connectivity index (χ4v) is 14.3. The van der Waals surface area contributed by atoms with E-state index in [1.165, 1.54) is 385 Å². The quantitative estimate of drug-likeness (QED) is 0.0334. The molecular formula is C90H174O9. The minimum atomic E-state index is -0.805. The zero-order chi connectivity index (χ0) is 71.6. The summed E-state index contributed by atoms with van der Waals surface area (Å²) in [5.74, 6) is -1.21. The Balaban J connectivity index is 5.20. The van der Waals surface area contributed by atoms with Gasteiger partial charge in [-0.2, -0.15) is 0 Å². The van der Waals surface area contributed by atoms with E-state index in [1.807, 2.05) is 0 Å². The van der Waals surface area contributed by atoms with Crippen molar-refractivity contribution in [3.63, 3.8) is 0 Å². The average Bonchev–Trinajstić information content (AvgIpc) is 1.80. The molecule has 588 valence electrons. The van der Waals surface area contributed by atoms with Gasteiger partial charge in [0.25, 0.3) is 0 Å². The second kappa shape index (κ2) is 84.8. The second-order valence-corrected chi connectivity index (χ2v) is 31.2. The van der Waals surface area contributed by atoms with Crippen molar-refractivity contribution >= 4 is 23.9 Å². The van der Waals surface area contributed by atoms with Gasteiger partial charge in [-0.15, -0.1) is 0 Å². The first-order chi connectivity index (χ1) is 48.9. The minimum Gasteiger partial charge on any atom is -0.462 e. The first kappa shape index (κ1) is 96.8. The molecule has 2 unspecified atom stereocenters. The molecule has 0 aromatic rings. The van der Waals surface area contributed by atoms with E-state index in [0.29, 0.717) is 25.7 Å². The summed E-state index contributed by atoms with van der Waals surface area (Å²) >= 11 is 0. The fraction of sp³-hybridized carbons (Fsp3) is 0.956.